The minimum absolute atomic E-state index is 0.00892. The molecule has 3 aromatic heterocycles. The van der Waals surface area contributed by atoms with Crippen molar-refractivity contribution in [1.29, 1.82) is 0 Å². The second-order valence-corrected chi connectivity index (χ2v) is 23.8. The summed E-state index contributed by atoms with van der Waals surface area (Å²) in [5.41, 5.74) is 28.1. The zero-order valence-electron chi connectivity index (χ0n) is 45.4. The number of hydrogen-bond donors (Lipinski definition) is 0. The average molecular weight is 980 g/mol. The molecule has 76 heavy (non-hydrogen) atoms. The van der Waals surface area contributed by atoms with Crippen LogP contribution in [0.4, 0.5) is 0 Å². The summed E-state index contributed by atoms with van der Waals surface area (Å²) in [6.07, 6.45) is 0. The Kier molecular flexibility index (Phi) is 10.1. The molecule has 0 atom stereocenters. The highest BCUT2D eigenvalue weighted by Gasteiger charge is 2.38. The summed E-state index contributed by atoms with van der Waals surface area (Å²) in [6, 6.07) is 73.5. The predicted octanol–water partition coefficient (Wildman–Crippen LogP) is 17.0. The molecule has 4 heterocycles. The Morgan fingerprint density at radius 3 is 1.38 bits per heavy atom. The van der Waals surface area contributed by atoms with Crippen LogP contribution in [0.25, 0.3) is 105 Å². The first-order valence-electron chi connectivity index (χ1n) is 27.2. The molecule has 0 radical (unpaired) electrons. The molecule has 0 unspecified atom stereocenters. The number of fused-ring (bicyclic) bond motifs is 11. The SMILES string of the molecule is Cc1c(C)c(-n2c3ccc(C(C)(C)C)cc3c3cc(C(C)(C)C)ccc32)c(C)c(C)c1B1c2ccccc2-n2c3ccccc3c3c(-n4c5cc(-c6ccccc6)ccc5c5ccc(-c6ccccc6)cc54)ccc1c32. The maximum atomic E-state index is 2.59. The second-order valence-electron chi connectivity index (χ2n) is 23.8. The monoisotopic (exact) mass is 980 g/mol. The van der Waals surface area contributed by atoms with Gasteiger partial charge in [0.2, 0.25) is 6.71 Å². The van der Waals surface area contributed by atoms with Crippen molar-refractivity contribution < 1.29 is 0 Å². The van der Waals surface area contributed by atoms with Gasteiger partial charge in [0.25, 0.3) is 0 Å². The molecule has 3 nitrogen and oxygen atoms in total. The fourth-order valence-corrected chi connectivity index (χ4v) is 13.4. The molecule has 0 fully saturated rings. The fourth-order valence-electron chi connectivity index (χ4n) is 13.4. The molecule has 0 saturated heterocycles. The van der Waals surface area contributed by atoms with E-state index in [1.807, 2.05) is 0 Å². The van der Waals surface area contributed by atoms with E-state index in [0.29, 0.717) is 0 Å². The highest BCUT2D eigenvalue weighted by Crippen LogP contribution is 2.44. The third-order valence-corrected chi connectivity index (χ3v) is 17.5. The molecule has 10 aromatic carbocycles. The third-order valence-electron chi connectivity index (χ3n) is 17.5. The van der Waals surface area contributed by atoms with Crippen LogP contribution < -0.4 is 16.4 Å². The summed E-state index contributed by atoms with van der Waals surface area (Å²) in [4.78, 5) is 0. The Hall–Kier alpha value is -8.34. The lowest BCUT2D eigenvalue weighted by molar-refractivity contribution is 0.590. The molecule has 0 amide bonds. The molecule has 368 valence electrons. The van der Waals surface area contributed by atoms with Crippen molar-refractivity contribution in [2.75, 3.05) is 0 Å². The van der Waals surface area contributed by atoms with Crippen LogP contribution in [0.2, 0.25) is 0 Å². The Bertz CT molecular complexity index is 4370. The lowest BCUT2D eigenvalue weighted by Gasteiger charge is -2.31. The van der Waals surface area contributed by atoms with Crippen LogP contribution in [0.15, 0.2) is 194 Å². The quantitative estimate of drug-likeness (QED) is 0.153. The van der Waals surface area contributed by atoms with Crippen molar-refractivity contribution in [2.45, 2.75) is 80.1 Å². The largest absolute Gasteiger partial charge is 0.310 e. The molecule has 1 aliphatic heterocycles. The van der Waals surface area contributed by atoms with Crippen LogP contribution in [0, 0.1) is 27.7 Å². The normalized spacial score (nSPS) is 12.8. The van der Waals surface area contributed by atoms with Gasteiger partial charge in [-0.3, -0.25) is 0 Å². The molecule has 13 aromatic rings. The van der Waals surface area contributed by atoms with Crippen LogP contribution in [0.1, 0.15) is 74.9 Å². The van der Waals surface area contributed by atoms with E-state index in [1.54, 1.807) is 0 Å². The van der Waals surface area contributed by atoms with E-state index in [-0.39, 0.29) is 17.5 Å². The summed E-state index contributed by atoms with van der Waals surface area (Å²) in [5, 5.41) is 7.66. The number of para-hydroxylation sites is 2. The molecule has 0 aliphatic carbocycles. The van der Waals surface area contributed by atoms with Crippen LogP contribution in [0.5, 0.6) is 0 Å². The van der Waals surface area contributed by atoms with E-state index in [0.717, 1.165) is 0 Å². The van der Waals surface area contributed by atoms with Crippen molar-refractivity contribution in [2.24, 2.45) is 0 Å². The van der Waals surface area contributed by atoms with E-state index in [1.165, 1.54) is 155 Å². The lowest BCUT2D eigenvalue weighted by atomic mass is 9.34. The van der Waals surface area contributed by atoms with Gasteiger partial charge in [0.1, 0.15) is 0 Å². The van der Waals surface area contributed by atoms with Crippen molar-refractivity contribution in [1.82, 2.24) is 13.7 Å². The zero-order valence-corrected chi connectivity index (χ0v) is 45.4. The zero-order chi connectivity index (χ0) is 52.1. The summed E-state index contributed by atoms with van der Waals surface area (Å²) in [6.45, 7) is 23.5. The van der Waals surface area contributed by atoms with Crippen molar-refractivity contribution >= 4 is 88.5 Å². The summed E-state index contributed by atoms with van der Waals surface area (Å²) < 4.78 is 7.76. The third kappa shape index (κ3) is 6.69. The van der Waals surface area contributed by atoms with Gasteiger partial charge < -0.3 is 13.7 Å². The van der Waals surface area contributed by atoms with Crippen LogP contribution in [-0.2, 0) is 10.8 Å². The number of aromatic nitrogens is 3. The minimum atomic E-state index is -0.00892. The van der Waals surface area contributed by atoms with Gasteiger partial charge in [-0.1, -0.05) is 198 Å². The fraction of sp³-hybridized carbons (Fsp3) is 0.167. The average Bonchev–Trinajstić information content (AvgIpc) is 4.28. The van der Waals surface area contributed by atoms with E-state index in [9.17, 15) is 0 Å². The summed E-state index contributed by atoms with van der Waals surface area (Å²) in [7, 11) is 0. The molecule has 0 bridgehead atoms. The summed E-state index contributed by atoms with van der Waals surface area (Å²) in [5.74, 6) is 0. The molecule has 0 N–H and O–H groups in total. The molecular weight excluding hydrogens is 918 g/mol. The van der Waals surface area contributed by atoms with Gasteiger partial charge in [0.15, 0.2) is 0 Å². The maximum absolute atomic E-state index is 2.59. The van der Waals surface area contributed by atoms with Gasteiger partial charge in [-0.25, -0.2) is 0 Å². The number of rotatable bonds is 5. The van der Waals surface area contributed by atoms with Gasteiger partial charge in [-0.15, -0.1) is 0 Å². The standard InChI is InChI=1S/C72H62BN3/c1-43-45(3)69(75-61-36-31-51(71(5,6)7)41-56(61)57-42-52(72(8,9)10)32-37-62(57)75)46(4)44(2)68(43)73-58-26-18-20-28-63(58)76-60-27-19-17-25-55(60)67-64(38-35-59(73)70(67)76)74-65-39-49(47-21-13-11-14-22-47)29-33-53(65)54-34-30-50(40-66(54)74)48-23-15-12-16-24-48/h11-42H,1-10H3. The first kappa shape index (κ1) is 46.2. The maximum Gasteiger partial charge on any atom is 0.247 e. The van der Waals surface area contributed by atoms with E-state index >= 15 is 0 Å². The van der Waals surface area contributed by atoms with Crippen molar-refractivity contribution in [3.63, 3.8) is 0 Å². The van der Waals surface area contributed by atoms with Gasteiger partial charge >= 0.3 is 0 Å². The topological polar surface area (TPSA) is 14.8 Å². The molecule has 1 aliphatic rings. The van der Waals surface area contributed by atoms with E-state index in [4.69, 9.17) is 0 Å². The van der Waals surface area contributed by atoms with Gasteiger partial charge in [-0.05, 0) is 149 Å². The highest BCUT2D eigenvalue weighted by atomic mass is 15.0. The molecule has 14 rings (SSSR count). The smallest absolute Gasteiger partial charge is 0.247 e. The van der Waals surface area contributed by atoms with Gasteiger partial charge in [0.05, 0.1) is 44.5 Å². The van der Waals surface area contributed by atoms with Crippen molar-refractivity contribution in [3.8, 4) is 39.3 Å². The predicted molar refractivity (Wildman–Crippen MR) is 328 cm³/mol. The Balaban J connectivity index is 1.05. The Morgan fingerprint density at radius 2 is 0.829 bits per heavy atom. The number of benzene rings is 10. The first-order valence-corrected chi connectivity index (χ1v) is 27.2. The van der Waals surface area contributed by atoms with Crippen LogP contribution in [-0.4, -0.2) is 20.4 Å². The second kappa shape index (κ2) is 16.6. The van der Waals surface area contributed by atoms with Crippen LogP contribution in [0.3, 0.4) is 0 Å². The van der Waals surface area contributed by atoms with E-state index < -0.39 is 0 Å². The lowest BCUT2D eigenvalue weighted by Crippen LogP contribution is -2.58. The summed E-state index contributed by atoms with van der Waals surface area (Å²) >= 11 is 0. The molecule has 0 spiro atoms. The number of nitrogens with zero attached hydrogens (tertiary/aromatic N) is 3. The molecule has 0 saturated carbocycles. The Morgan fingerprint density at radius 1 is 0.329 bits per heavy atom. The van der Waals surface area contributed by atoms with Crippen LogP contribution >= 0.6 is 0 Å². The van der Waals surface area contributed by atoms with Gasteiger partial charge in [0, 0.05) is 38.0 Å². The Labute approximate surface area is 446 Å². The molecule has 4 heteroatoms. The first-order chi connectivity index (χ1) is 36.7. The van der Waals surface area contributed by atoms with Gasteiger partial charge in [-0.2, -0.15) is 0 Å². The highest BCUT2D eigenvalue weighted by molar-refractivity contribution is 6.98. The molecular formula is C72H62BN3. The van der Waals surface area contributed by atoms with E-state index in [2.05, 4.69) is 277 Å². The number of hydrogen-bond acceptors (Lipinski definition) is 0. The van der Waals surface area contributed by atoms with Crippen molar-refractivity contribution in [3.05, 3.63) is 228 Å². The minimum Gasteiger partial charge on any atom is -0.310 e.